The summed E-state index contributed by atoms with van der Waals surface area (Å²) in [5.41, 5.74) is 3.16. The Balaban J connectivity index is 1.60. The van der Waals surface area contributed by atoms with Crippen molar-refractivity contribution in [2.24, 2.45) is 0 Å². The van der Waals surface area contributed by atoms with Crippen molar-refractivity contribution in [2.75, 3.05) is 11.4 Å². The molecule has 1 aromatic carbocycles. The minimum atomic E-state index is -0.181. The second kappa shape index (κ2) is 7.22. The maximum Gasteiger partial charge on any atom is 0.257 e. The van der Waals surface area contributed by atoms with Crippen molar-refractivity contribution in [1.82, 2.24) is 14.5 Å². The molecule has 1 atom stereocenters. The molecule has 1 aromatic heterocycles. The van der Waals surface area contributed by atoms with Crippen molar-refractivity contribution in [3.05, 3.63) is 57.8 Å². The zero-order valence-corrected chi connectivity index (χ0v) is 16.2. The van der Waals surface area contributed by atoms with E-state index in [1.165, 1.54) is 17.8 Å². The van der Waals surface area contributed by atoms with Gasteiger partial charge in [0.2, 0.25) is 11.8 Å². The summed E-state index contributed by atoms with van der Waals surface area (Å²) in [6, 6.07) is 8.03. The highest BCUT2D eigenvalue weighted by Gasteiger charge is 2.29. The number of rotatable bonds is 2. The Morgan fingerprint density at radius 1 is 1.21 bits per heavy atom. The zero-order chi connectivity index (χ0) is 19.8. The fourth-order valence-electron chi connectivity index (χ4n) is 4.13. The molecule has 2 aliphatic rings. The van der Waals surface area contributed by atoms with Gasteiger partial charge < -0.3 is 9.80 Å². The third-order valence-corrected chi connectivity index (χ3v) is 5.74. The molecule has 0 bridgehead atoms. The summed E-state index contributed by atoms with van der Waals surface area (Å²) in [5, 5.41) is 0. The fourth-order valence-corrected chi connectivity index (χ4v) is 4.13. The number of amides is 2. The molecule has 146 valence electrons. The quantitative estimate of drug-likeness (QED) is 0.792. The zero-order valence-electron chi connectivity index (χ0n) is 16.2. The number of hydrogen-bond donors (Lipinski definition) is 0. The van der Waals surface area contributed by atoms with Crippen LogP contribution in [0.25, 0.3) is 0 Å². The molecule has 0 radical (unpaired) electrons. The lowest BCUT2D eigenvalue weighted by Gasteiger charge is -2.35. The first-order valence-electron chi connectivity index (χ1n) is 9.68. The average molecular weight is 380 g/mol. The number of benzene rings is 1. The summed E-state index contributed by atoms with van der Waals surface area (Å²) in [6.45, 7) is 4.38. The molecule has 0 aliphatic carbocycles. The van der Waals surface area contributed by atoms with Gasteiger partial charge in [0.25, 0.3) is 5.56 Å². The third kappa shape index (κ3) is 3.21. The van der Waals surface area contributed by atoms with Gasteiger partial charge >= 0.3 is 0 Å². The normalized spacial score (nSPS) is 18.4. The van der Waals surface area contributed by atoms with Gasteiger partial charge in [0.05, 0.1) is 18.6 Å². The van der Waals surface area contributed by atoms with E-state index in [0.717, 1.165) is 24.1 Å². The van der Waals surface area contributed by atoms with E-state index in [1.807, 2.05) is 30.0 Å². The summed E-state index contributed by atoms with van der Waals surface area (Å²) in [5.74, 6) is -0.130. The highest BCUT2D eigenvalue weighted by molar-refractivity contribution is 5.95. The average Bonchev–Trinajstić information content (AvgIpc) is 2.69. The number of para-hydroxylation sites is 1. The molecule has 0 saturated heterocycles. The lowest BCUT2D eigenvalue weighted by Crippen LogP contribution is -2.45. The number of carbonyl (C=O) groups is 2. The van der Waals surface area contributed by atoms with Gasteiger partial charge in [-0.15, -0.1) is 0 Å². The summed E-state index contributed by atoms with van der Waals surface area (Å²) in [4.78, 5) is 45.4. The minimum absolute atomic E-state index is 0.0236. The van der Waals surface area contributed by atoms with Gasteiger partial charge in [-0.25, -0.2) is 4.98 Å². The number of fused-ring (bicyclic) bond motifs is 2. The topological polar surface area (TPSA) is 75.5 Å². The number of anilines is 1. The maximum absolute atomic E-state index is 13.1. The summed E-state index contributed by atoms with van der Waals surface area (Å²) >= 11 is 0. The Kier molecular flexibility index (Phi) is 4.75. The predicted octanol–water partition coefficient (Wildman–Crippen LogP) is 1.52. The van der Waals surface area contributed by atoms with Crippen molar-refractivity contribution < 1.29 is 9.59 Å². The molecule has 2 amide bonds. The highest BCUT2D eigenvalue weighted by atomic mass is 16.2. The number of aromatic nitrogens is 2. The Morgan fingerprint density at radius 3 is 2.79 bits per heavy atom. The Morgan fingerprint density at radius 2 is 2.00 bits per heavy atom. The smallest absolute Gasteiger partial charge is 0.257 e. The number of carbonyl (C=O) groups excluding carboxylic acids is 2. The van der Waals surface area contributed by atoms with E-state index in [9.17, 15) is 14.4 Å². The van der Waals surface area contributed by atoms with Crippen LogP contribution in [0.5, 0.6) is 0 Å². The van der Waals surface area contributed by atoms with Crippen molar-refractivity contribution in [3.8, 4) is 0 Å². The van der Waals surface area contributed by atoms with E-state index in [-0.39, 0.29) is 30.0 Å². The van der Waals surface area contributed by atoms with Crippen LogP contribution >= 0.6 is 0 Å². The molecule has 4 rings (SSSR count). The highest BCUT2D eigenvalue weighted by Crippen LogP contribution is 2.30. The van der Waals surface area contributed by atoms with Crippen molar-refractivity contribution in [2.45, 2.75) is 52.2 Å². The molecule has 0 fully saturated rings. The second-order valence-corrected chi connectivity index (χ2v) is 7.57. The monoisotopic (exact) mass is 380 g/mol. The van der Waals surface area contributed by atoms with Crippen molar-refractivity contribution >= 4 is 17.5 Å². The van der Waals surface area contributed by atoms with Crippen LogP contribution in [0.1, 0.15) is 37.1 Å². The van der Waals surface area contributed by atoms with Crippen LogP contribution in [0.3, 0.4) is 0 Å². The summed E-state index contributed by atoms with van der Waals surface area (Å²) in [7, 11) is 0. The second-order valence-electron chi connectivity index (χ2n) is 7.57. The van der Waals surface area contributed by atoms with E-state index >= 15 is 0 Å². The molecular weight excluding hydrogens is 356 g/mol. The molecule has 7 heteroatoms. The lowest BCUT2D eigenvalue weighted by atomic mass is 9.96. The summed E-state index contributed by atoms with van der Waals surface area (Å²) < 4.78 is 1.40. The molecule has 7 nitrogen and oxygen atoms in total. The van der Waals surface area contributed by atoms with Gasteiger partial charge in [-0.3, -0.25) is 19.0 Å². The van der Waals surface area contributed by atoms with E-state index in [1.54, 1.807) is 4.90 Å². The Bertz CT molecular complexity index is 997. The first-order valence-corrected chi connectivity index (χ1v) is 9.68. The van der Waals surface area contributed by atoms with Gasteiger partial charge in [-0.05, 0) is 37.8 Å². The van der Waals surface area contributed by atoms with Crippen LogP contribution in [0.15, 0.2) is 35.4 Å². The molecule has 28 heavy (non-hydrogen) atoms. The fraction of sp³-hybridized carbons (Fsp3) is 0.429. The van der Waals surface area contributed by atoms with Crippen LogP contribution in [-0.4, -0.2) is 38.9 Å². The molecule has 0 N–H and O–H groups in total. The van der Waals surface area contributed by atoms with Gasteiger partial charge in [0.1, 0.15) is 6.54 Å². The third-order valence-electron chi connectivity index (χ3n) is 5.74. The number of nitrogens with zero attached hydrogens (tertiary/aromatic N) is 4. The van der Waals surface area contributed by atoms with Gasteiger partial charge in [-0.1, -0.05) is 18.2 Å². The van der Waals surface area contributed by atoms with Crippen molar-refractivity contribution in [1.29, 1.82) is 0 Å². The van der Waals surface area contributed by atoms with Crippen LogP contribution in [-0.2, 0) is 35.5 Å². The van der Waals surface area contributed by atoms with Gasteiger partial charge in [0.15, 0.2) is 0 Å². The molecule has 2 aliphatic heterocycles. The molecule has 0 spiro atoms. The van der Waals surface area contributed by atoms with Gasteiger partial charge in [0, 0.05) is 30.8 Å². The minimum Gasteiger partial charge on any atom is -0.337 e. The Labute approximate surface area is 163 Å². The van der Waals surface area contributed by atoms with E-state index < -0.39 is 0 Å². The number of aryl methyl sites for hydroxylation is 1. The van der Waals surface area contributed by atoms with E-state index in [0.29, 0.717) is 30.8 Å². The first-order chi connectivity index (χ1) is 13.5. The molecule has 3 heterocycles. The van der Waals surface area contributed by atoms with Crippen LogP contribution in [0.2, 0.25) is 0 Å². The van der Waals surface area contributed by atoms with E-state index in [4.69, 9.17) is 0 Å². The predicted molar refractivity (Wildman–Crippen MR) is 105 cm³/mol. The molecule has 0 saturated carbocycles. The Hall–Kier alpha value is -2.96. The standard InChI is InChI=1S/C21H24N4O3/c1-14-7-8-16-5-3-4-6-19(16)25(14)20(27)12-24-13-22-18-11-23(15(2)26)10-9-17(18)21(24)28/h3-6,13-14H,7-12H2,1-2H3. The largest absolute Gasteiger partial charge is 0.337 e. The van der Waals surface area contributed by atoms with Crippen LogP contribution in [0.4, 0.5) is 5.69 Å². The van der Waals surface area contributed by atoms with Crippen LogP contribution < -0.4 is 10.5 Å². The lowest BCUT2D eigenvalue weighted by molar-refractivity contribution is -0.129. The van der Waals surface area contributed by atoms with E-state index in [2.05, 4.69) is 11.1 Å². The van der Waals surface area contributed by atoms with Crippen LogP contribution in [0, 0.1) is 0 Å². The summed E-state index contributed by atoms with van der Waals surface area (Å²) in [6.07, 6.45) is 3.76. The molecule has 2 aromatic rings. The van der Waals surface area contributed by atoms with Gasteiger partial charge in [-0.2, -0.15) is 0 Å². The molecular formula is C21H24N4O3. The first kappa shape index (κ1) is 18.4. The number of hydrogen-bond acceptors (Lipinski definition) is 4. The van der Waals surface area contributed by atoms with Crippen molar-refractivity contribution in [3.63, 3.8) is 0 Å². The maximum atomic E-state index is 13.1. The molecule has 1 unspecified atom stereocenters. The SMILES string of the molecule is CC(=O)N1CCc2c(ncn(CC(=O)N3c4ccccc4CCC3C)c2=O)C1.